The number of aryl methyl sites for hydroxylation is 1. The molecule has 1 aromatic carbocycles. The molecule has 0 amide bonds. The van der Waals surface area contributed by atoms with Crippen molar-refractivity contribution < 1.29 is 4.39 Å². The highest BCUT2D eigenvalue weighted by atomic mass is 32.1. The normalized spacial score (nSPS) is 18.8. The van der Waals surface area contributed by atoms with Gasteiger partial charge in [-0.15, -0.1) is 0 Å². The van der Waals surface area contributed by atoms with Crippen LogP contribution in [-0.2, 0) is 6.42 Å². The molecule has 0 radical (unpaired) electrons. The predicted molar refractivity (Wildman–Crippen MR) is 54.9 cm³/mol. The highest BCUT2D eigenvalue weighted by molar-refractivity contribution is 7.79. The Morgan fingerprint density at radius 2 is 2.15 bits per heavy atom. The van der Waals surface area contributed by atoms with Crippen molar-refractivity contribution in [3.8, 4) is 0 Å². The Kier molecular flexibility index (Phi) is 2.36. The minimum absolute atomic E-state index is 0.167. The predicted octanol–water partition coefficient (Wildman–Crippen LogP) is 2.80. The highest BCUT2D eigenvalue weighted by Crippen LogP contribution is 2.22. The van der Waals surface area contributed by atoms with Crippen molar-refractivity contribution in [3.63, 3.8) is 0 Å². The Bertz CT molecular complexity index is 360. The summed E-state index contributed by atoms with van der Waals surface area (Å²) in [7, 11) is 0. The fourth-order valence-electron chi connectivity index (χ4n) is 1.74. The van der Waals surface area contributed by atoms with Crippen LogP contribution in [0, 0.1) is 5.82 Å². The lowest BCUT2D eigenvalue weighted by Crippen LogP contribution is -2.11. The van der Waals surface area contributed by atoms with Crippen LogP contribution in [0.4, 0.5) is 4.39 Å². The lowest BCUT2D eigenvalue weighted by atomic mass is 9.90. The third kappa shape index (κ3) is 1.61. The second-order valence-electron chi connectivity index (χ2n) is 3.20. The minimum atomic E-state index is -0.167. The Hall–Kier alpha value is -0.830. The number of benzene rings is 1. The van der Waals surface area contributed by atoms with E-state index in [4.69, 9.17) is 0 Å². The first-order valence-electron chi connectivity index (χ1n) is 4.31. The average Bonchev–Trinajstić information content (AvgIpc) is 2.16. The molecular formula is C10H10FNS. The third-order valence-corrected chi connectivity index (χ3v) is 2.60. The van der Waals surface area contributed by atoms with Gasteiger partial charge in [0, 0.05) is 0 Å². The van der Waals surface area contributed by atoms with Crippen molar-refractivity contribution in [2.45, 2.75) is 19.3 Å². The summed E-state index contributed by atoms with van der Waals surface area (Å²) < 4.78 is 16.8. The Morgan fingerprint density at radius 3 is 2.92 bits per heavy atom. The number of rotatable bonds is 0. The summed E-state index contributed by atoms with van der Waals surface area (Å²) in [5.74, 6) is -0.167. The molecule has 0 atom stereocenters. The number of hydrogen-bond acceptors (Lipinski definition) is 2. The molecule has 0 spiro atoms. The molecule has 0 N–H and O–H groups in total. The van der Waals surface area contributed by atoms with Crippen molar-refractivity contribution in [3.05, 3.63) is 35.1 Å². The molecule has 0 bridgehead atoms. The van der Waals surface area contributed by atoms with E-state index in [0.29, 0.717) is 0 Å². The maximum atomic E-state index is 12.9. The molecule has 68 valence electrons. The van der Waals surface area contributed by atoms with Gasteiger partial charge in [0.15, 0.2) is 0 Å². The molecule has 1 nitrogen and oxygen atoms in total. The summed E-state index contributed by atoms with van der Waals surface area (Å²) in [6, 6.07) is 4.86. The van der Waals surface area contributed by atoms with E-state index < -0.39 is 0 Å². The van der Waals surface area contributed by atoms with Gasteiger partial charge >= 0.3 is 0 Å². The third-order valence-electron chi connectivity index (χ3n) is 2.36. The quantitative estimate of drug-likeness (QED) is 0.611. The van der Waals surface area contributed by atoms with Crippen LogP contribution in [0.5, 0.6) is 0 Å². The van der Waals surface area contributed by atoms with Gasteiger partial charge in [0.25, 0.3) is 0 Å². The SMILES string of the molecule is Fc1ccc2c(c1)CCCC2=NS. The zero-order valence-corrected chi connectivity index (χ0v) is 8.02. The van der Waals surface area contributed by atoms with Gasteiger partial charge in [-0.25, -0.2) is 8.79 Å². The minimum Gasteiger partial charge on any atom is -0.224 e. The molecule has 2 rings (SSSR count). The van der Waals surface area contributed by atoms with Crippen LogP contribution < -0.4 is 0 Å². The van der Waals surface area contributed by atoms with Gasteiger partial charge in [-0.2, -0.15) is 0 Å². The molecule has 0 unspecified atom stereocenters. The lowest BCUT2D eigenvalue weighted by Gasteiger charge is -2.16. The monoisotopic (exact) mass is 195 g/mol. The van der Waals surface area contributed by atoms with Crippen molar-refractivity contribution in [1.82, 2.24) is 0 Å². The lowest BCUT2D eigenvalue weighted by molar-refractivity contribution is 0.623. The smallest absolute Gasteiger partial charge is 0.123 e. The van der Waals surface area contributed by atoms with Gasteiger partial charge in [-0.3, -0.25) is 0 Å². The van der Waals surface area contributed by atoms with Gasteiger partial charge in [0.1, 0.15) is 5.82 Å². The van der Waals surface area contributed by atoms with E-state index in [1.807, 2.05) is 0 Å². The second kappa shape index (κ2) is 3.50. The van der Waals surface area contributed by atoms with Gasteiger partial charge in [-0.05, 0) is 61.4 Å². The number of thiol groups is 1. The van der Waals surface area contributed by atoms with Crippen LogP contribution in [0.1, 0.15) is 24.0 Å². The van der Waals surface area contributed by atoms with E-state index in [9.17, 15) is 4.39 Å². The fourth-order valence-corrected chi connectivity index (χ4v) is 1.94. The first-order valence-corrected chi connectivity index (χ1v) is 4.71. The maximum absolute atomic E-state index is 12.9. The van der Waals surface area contributed by atoms with Crippen LogP contribution in [0.25, 0.3) is 0 Å². The molecule has 1 aromatic rings. The zero-order valence-electron chi connectivity index (χ0n) is 7.13. The first-order chi connectivity index (χ1) is 6.31. The van der Waals surface area contributed by atoms with Crippen LogP contribution in [0.3, 0.4) is 0 Å². The number of hydrogen-bond donors (Lipinski definition) is 1. The summed E-state index contributed by atoms with van der Waals surface area (Å²) in [4.78, 5) is 0. The molecule has 13 heavy (non-hydrogen) atoms. The largest absolute Gasteiger partial charge is 0.224 e. The molecule has 0 heterocycles. The Morgan fingerprint density at radius 1 is 1.31 bits per heavy atom. The van der Waals surface area contributed by atoms with E-state index in [1.165, 1.54) is 6.07 Å². The molecule has 3 heteroatoms. The van der Waals surface area contributed by atoms with Gasteiger partial charge in [0.05, 0.1) is 5.71 Å². The summed E-state index contributed by atoms with van der Waals surface area (Å²) in [5, 5.41) is 0. The standard InChI is InChI=1S/C10H10FNS/c11-8-4-5-9-7(6-8)2-1-3-10(9)12-13/h4-6,13H,1-3H2. The Labute approximate surface area is 82.2 Å². The van der Waals surface area contributed by atoms with E-state index in [1.54, 1.807) is 12.1 Å². The van der Waals surface area contributed by atoms with E-state index >= 15 is 0 Å². The molecule has 0 saturated carbocycles. The van der Waals surface area contributed by atoms with Gasteiger partial charge in [0.2, 0.25) is 0 Å². The van der Waals surface area contributed by atoms with E-state index in [0.717, 1.165) is 36.1 Å². The summed E-state index contributed by atoms with van der Waals surface area (Å²) >= 11 is 3.91. The van der Waals surface area contributed by atoms with Crippen LogP contribution in [-0.4, -0.2) is 5.71 Å². The molecule has 0 fully saturated rings. The molecular weight excluding hydrogens is 185 g/mol. The molecule has 1 aliphatic rings. The molecule has 0 aromatic heterocycles. The van der Waals surface area contributed by atoms with Crippen molar-refractivity contribution >= 4 is 18.5 Å². The zero-order chi connectivity index (χ0) is 9.26. The molecule has 0 saturated heterocycles. The Balaban J connectivity index is 2.52. The van der Waals surface area contributed by atoms with Crippen LogP contribution in [0.2, 0.25) is 0 Å². The number of fused-ring (bicyclic) bond motifs is 1. The number of nitrogens with zero attached hydrogens (tertiary/aromatic N) is 1. The van der Waals surface area contributed by atoms with Crippen LogP contribution in [0.15, 0.2) is 22.6 Å². The summed E-state index contributed by atoms with van der Waals surface area (Å²) in [5.41, 5.74) is 3.09. The van der Waals surface area contributed by atoms with Gasteiger partial charge < -0.3 is 0 Å². The van der Waals surface area contributed by atoms with Crippen molar-refractivity contribution in [2.75, 3.05) is 0 Å². The average molecular weight is 195 g/mol. The molecule has 0 aliphatic heterocycles. The topological polar surface area (TPSA) is 12.4 Å². The van der Waals surface area contributed by atoms with Gasteiger partial charge in [-0.1, -0.05) is 0 Å². The van der Waals surface area contributed by atoms with Crippen molar-refractivity contribution in [2.24, 2.45) is 4.40 Å². The molecule has 1 aliphatic carbocycles. The first kappa shape index (κ1) is 8.75. The summed E-state index contributed by atoms with van der Waals surface area (Å²) in [6.45, 7) is 0. The summed E-state index contributed by atoms with van der Waals surface area (Å²) in [6.07, 6.45) is 2.93. The van der Waals surface area contributed by atoms with Crippen LogP contribution >= 0.6 is 12.8 Å². The van der Waals surface area contributed by atoms with E-state index in [-0.39, 0.29) is 5.82 Å². The van der Waals surface area contributed by atoms with Crippen molar-refractivity contribution in [1.29, 1.82) is 0 Å². The fraction of sp³-hybridized carbons (Fsp3) is 0.300. The maximum Gasteiger partial charge on any atom is 0.123 e. The number of halogens is 1. The van der Waals surface area contributed by atoms with E-state index in [2.05, 4.69) is 17.2 Å². The highest BCUT2D eigenvalue weighted by Gasteiger charge is 2.15. The second-order valence-corrected chi connectivity index (χ2v) is 3.40.